The smallest absolute Gasteiger partial charge is 0.252 e. The minimum Gasteiger partial charge on any atom is -0.382 e. The third-order valence-corrected chi connectivity index (χ3v) is 6.75. The molecule has 3 N–H and O–H groups in total. The summed E-state index contributed by atoms with van der Waals surface area (Å²) in [6.07, 6.45) is 3.06. The van der Waals surface area contributed by atoms with Gasteiger partial charge >= 0.3 is 0 Å². The van der Waals surface area contributed by atoms with Crippen molar-refractivity contribution in [3.05, 3.63) is 40.2 Å². The van der Waals surface area contributed by atoms with Crippen molar-refractivity contribution in [2.24, 2.45) is 10.8 Å². The Kier molecular flexibility index (Phi) is 6.75. The molecule has 30 heavy (non-hydrogen) atoms. The molecule has 1 amide bonds. The Hall–Kier alpha value is -2.08. The van der Waals surface area contributed by atoms with Crippen LogP contribution >= 0.6 is 11.3 Å². The average Bonchev–Trinajstić information content (AvgIpc) is 3.22. The summed E-state index contributed by atoms with van der Waals surface area (Å²) in [5, 5.41) is 13.9. The molecule has 1 aliphatic carbocycles. The fourth-order valence-electron chi connectivity index (χ4n) is 4.00. The van der Waals surface area contributed by atoms with Gasteiger partial charge in [-0.2, -0.15) is 11.3 Å². The minimum absolute atomic E-state index is 0.0283. The fraction of sp³-hybridized carbons (Fsp3) is 0.583. The lowest BCUT2D eigenvalue weighted by molar-refractivity contribution is 0.0837. The maximum Gasteiger partial charge on any atom is 0.252 e. The highest BCUT2D eigenvalue weighted by Crippen LogP contribution is 2.43. The number of carbonyl (C=O) groups is 1. The largest absolute Gasteiger partial charge is 0.382 e. The molecule has 2 atom stereocenters. The number of nitrogens with one attached hydrogen (secondary N) is 3. The molecule has 0 spiro atoms. The van der Waals surface area contributed by atoms with Gasteiger partial charge < -0.3 is 16.0 Å². The standard InChI is InChI=1S/C24H36N4OS/c1-23(2,3)15-26-19-8-7-18(27-21(19)25-6)16-9-11-24(4,5)20(13-16)28-22(29)17-10-12-30-14-17/h7-8,10,12,14,16,20,26H,9,11,13,15H2,1-6H3,(H,25,27)(H,28,29). The summed E-state index contributed by atoms with van der Waals surface area (Å²) in [5.74, 6) is 1.26. The van der Waals surface area contributed by atoms with E-state index in [4.69, 9.17) is 4.98 Å². The summed E-state index contributed by atoms with van der Waals surface area (Å²) >= 11 is 1.55. The van der Waals surface area contributed by atoms with E-state index in [1.807, 2.05) is 23.9 Å². The molecule has 3 rings (SSSR count). The van der Waals surface area contributed by atoms with Crippen LogP contribution in [0.15, 0.2) is 29.0 Å². The third-order valence-electron chi connectivity index (χ3n) is 6.07. The van der Waals surface area contributed by atoms with Crippen LogP contribution in [0.5, 0.6) is 0 Å². The van der Waals surface area contributed by atoms with E-state index in [9.17, 15) is 4.79 Å². The van der Waals surface area contributed by atoms with Crippen molar-refractivity contribution in [3.8, 4) is 0 Å². The number of nitrogens with zero attached hydrogens (tertiary/aromatic N) is 1. The van der Waals surface area contributed by atoms with Crippen LogP contribution in [0, 0.1) is 10.8 Å². The predicted octanol–water partition coefficient (Wildman–Crippen LogP) is 5.74. The normalized spacial score (nSPS) is 21.1. The summed E-state index contributed by atoms with van der Waals surface area (Å²) in [6, 6.07) is 6.30. The van der Waals surface area contributed by atoms with Gasteiger partial charge in [-0.05, 0) is 53.7 Å². The van der Waals surface area contributed by atoms with Gasteiger partial charge in [0.1, 0.15) is 5.82 Å². The van der Waals surface area contributed by atoms with E-state index in [0.29, 0.717) is 5.92 Å². The van der Waals surface area contributed by atoms with Gasteiger partial charge in [-0.3, -0.25) is 4.79 Å². The lowest BCUT2D eigenvalue weighted by Crippen LogP contribution is -2.48. The van der Waals surface area contributed by atoms with Crippen LogP contribution in [0.4, 0.5) is 11.5 Å². The minimum atomic E-state index is 0.0283. The van der Waals surface area contributed by atoms with Crippen LogP contribution in [0.1, 0.15) is 75.9 Å². The lowest BCUT2D eigenvalue weighted by Gasteiger charge is -2.42. The molecule has 164 valence electrons. The van der Waals surface area contributed by atoms with E-state index in [1.54, 1.807) is 11.3 Å². The third kappa shape index (κ3) is 5.54. The molecule has 1 fully saturated rings. The highest BCUT2D eigenvalue weighted by molar-refractivity contribution is 7.08. The van der Waals surface area contributed by atoms with Crippen LogP contribution in [-0.4, -0.2) is 30.5 Å². The van der Waals surface area contributed by atoms with E-state index >= 15 is 0 Å². The van der Waals surface area contributed by atoms with Crippen molar-refractivity contribution in [2.45, 2.75) is 65.8 Å². The van der Waals surface area contributed by atoms with Gasteiger partial charge in [0.25, 0.3) is 5.91 Å². The number of thiophene rings is 1. The summed E-state index contributed by atoms with van der Waals surface area (Å²) < 4.78 is 0. The van der Waals surface area contributed by atoms with E-state index in [1.165, 1.54) is 0 Å². The zero-order valence-corrected chi connectivity index (χ0v) is 20.0. The van der Waals surface area contributed by atoms with E-state index in [2.05, 4.69) is 62.7 Å². The molecule has 2 aromatic heterocycles. The highest BCUT2D eigenvalue weighted by atomic mass is 32.1. The first-order chi connectivity index (χ1) is 14.1. The quantitative estimate of drug-likeness (QED) is 0.549. The Morgan fingerprint density at radius 1 is 1.27 bits per heavy atom. The van der Waals surface area contributed by atoms with Crippen molar-refractivity contribution in [1.29, 1.82) is 0 Å². The van der Waals surface area contributed by atoms with E-state index < -0.39 is 0 Å². The SMILES string of the molecule is CNc1nc(C2CCC(C)(C)C(NC(=O)c3ccsc3)C2)ccc1NCC(C)(C)C. The average molecular weight is 429 g/mol. The van der Waals surface area contributed by atoms with Crippen LogP contribution < -0.4 is 16.0 Å². The molecule has 0 aliphatic heterocycles. The van der Waals surface area contributed by atoms with Gasteiger partial charge in [0.2, 0.25) is 0 Å². The first kappa shape index (κ1) is 22.6. The second-order valence-electron chi connectivity index (χ2n) is 10.3. The first-order valence-electron chi connectivity index (χ1n) is 10.8. The van der Waals surface area contributed by atoms with Crippen molar-refractivity contribution in [3.63, 3.8) is 0 Å². The van der Waals surface area contributed by atoms with Gasteiger partial charge in [-0.25, -0.2) is 4.98 Å². The van der Waals surface area contributed by atoms with E-state index in [0.717, 1.165) is 48.6 Å². The Morgan fingerprint density at radius 2 is 2.03 bits per heavy atom. The summed E-state index contributed by atoms with van der Waals surface area (Å²) in [5.41, 5.74) is 3.16. The second-order valence-corrected chi connectivity index (χ2v) is 11.1. The number of rotatable bonds is 6. The molecular weight excluding hydrogens is 392 g/mol. The Balaban J connectivity index is 1.74. The predicted molar refractivity (Wildman–Crippen MR) is 128 cm³/mol. The topological polar surface area (TPSA) is 66.0 Å². The molecule has 2 aromatic rings. The maximum atomic E-state index is 12.7. The first-order valence-corrected chi connectivity index (χ1v) is 11.8. The van der Waals surface area contributed by atoms with Crippen LogP contribution in [0.3, 0.4) is 0 Å². The number of aromatic nitrogens is 1. The summed E-state index contributed by atoms with van der Waals surface area (Å²) in [4.78, 5) is 17.6. The molecule has 0 radical (unpaired) electrons. The van der Waals surface area contributed by atoms with Gasteiger partial charge in [0, 0.05) is 42.2 Å². The van der Waals surface area contributed by atoms with Gasteiger partial charge in [0.05, 0.1) is 5.69 Å². The van der Waals surface area contributed by atoms with Crippen molar-refractivity contribution >= 4 is 28.7 Å². The van der Waals surface area contributed by atoms with Crippen molar-refractivity contribution in [2.75, 3.05) is 24.2 Å². The Labute approximate surface area is 185 Å². The Bertz CT molecular complexity index is 855. The monoisotopic (exact) mass is 428 g/mol. The Morgan fingerprint density at radius 3 is 2.67 bits per heavy atom. The molecule has 1 aliphatic rings. The number of anilines is 2. The molecule has 0 bridgehead atoms. The number of hydrogen-bond donors (Lipinski definition) is 3. The van der Waals surface area contributed by atoms with Crippen molar-refractivity contribution in [1.82, 2.24) is 10.3 Å². The molecule has 0 saturated heterocycles. The second kappa shape index (κ2) is 8.96. The van der Waals surface area contributed by atoms with E-state index in [-0.39, 0.29) is 22.8 Å². The molecule has 2 heterocycles. The van der Waals surface area contributed by atoms with Crippen LogP contribution in [-0.2, 0) is 0 Å². The molecule has 2 unspecified atom stereocenters. The zero-order valence-electron chi connectivity index (χ0n) is 19.1. The zero-order chi connectivity index (χ0) is 21.9. The van der Waals surface area contributed by atoms with Gasteiger partial charge in [-0.15, -0.1) is 0 Å². The summed E-state index contributed by atoms with van der Waals surface area (Å²) in [7, 11) is 1.92. The molecule has 0 aromatic carbocycles. The maximum absolute atomic E-state index is 12.7. The number of pyridine rings is 1. The fourth-order valence-corrected chi connectivity index (χ4v) is 4.63. The molecule has 1 saturated carbocycles. The molecule has 5 nitrogen and oxygen atoms in total. The van der Waals surface area contributed by atoms with Crippen molar-refractivity contribution < 1.29 is 4.79 Å². The van der Waals surface area contributed by atoms with Gasteiger partial charge in [0.15, 0.2) is 0 Å². The van der Waals surface area contributed by atoms with Crippen LogP contribution in [0.2, 0.25) is 0 Å². The number of carbonyl (C=O) groups excluding carboxylic acids is 1. The molecular formula is C24H36N4OS. The van der Waals surface area contributed by atoms with Gasteiger partial charge in [-0.1, -0.05) is 34.6 Å². The highest BCUT2D eigenvalue weighted by Gasteiger charge is 2.38. The van der Waals surface area contributed by atoms with Crippen LogP contribution in [0.25, 0.3) is 0 Å². The number of amides is 1. The molecule has 6 heteroatoms. The number of hydrogen-bond acceptors (Lipinski definition) is 5. The lowest BCUT2D eigenvalue weighted by atomic mass is 9.68. The summed E-state index contributed by atoms with van der Waals surface area (Å²) in [6.45, 7) is 12.1.